The molecule has 0 saturated heterocycles. The fourth-order valence-electron chi connectivity index (χ4n) is 6.81. The predicted molar refractivity (Wildman–Crippen MR) is 86.3 cm³/mol. The third-order valence-corrected chi connectivity index (χ3v) is 7.97. The molecule has 0 radical (unpaired) electrons. The van der Waals surface area contributed by atoms with E-state index in [1.54, 1.807) is 6.08 Å². The topological polar surface area (TPSA) is 34.1 Å². The minimum Gasteiger partial charge on any atom is -0.290 e. The lowest BCUT2D eigenvalue weighted by Crippen LogP contribution is -2.51. The number of ketones is 2. The summed E-state index contributed by atoms with van der Waals surface area (Å²) in [5, 5.41) is 0. The van der Waals surface area contributed by atoms with Gasteiger partial charge >= 0.3 is 0 Å². The van der Waals surface area contributed by atoms with Gasteiger partial charge < -0.3 is 0 Å². The summed E-state index contributed by atoms with van der Waals surface area (Å²) in [6, 6.07) is 0. The molecule has 0 aromatic heterocycles. The Morgan fingerprint density at radius 2 is 1.91 bits per heavy atom. The van der Waals surface area contributed by atoms with Gasteiger partial charge in [0.25, 0.3) is 0 Å². The highest BCUT2D eigenvalue weighted by atomic mass is 16.2. The van der Waals surface area contributed by atoms with Gasteiger partial charge in [0.1, 0.15) is 0 Å². The van der Waals surface area contributed by atoms with Crippen LogP contribution in [0.5, 0.6) is 0 Å². The molecule has 5 atom stereocenters. The summed E-state index contributed by atoms with van der Waals surface area (Å²) in [6.45, 7) is 4.42. The zero-order valence-electron chi connectivity index (χ0n) is 14.0. The van der Waals surface area contributed by atoms with E-state index in [1.165, 1.54) is 50.5 Å². The highest BCUT2D eigenvalue weighted by molar-refractivity contribution is 6.46. The van der Waals surface area contributed by atoms with E-state index < -0.39 is 5.41 Å². The Balaban J connectivity index is 1.74. The van der Waals surface area contributed by atoms with Gasteiger partial charge in [-0.3, -0.25) is 9.59 Å². The second kappa shape index (κ2) is 4.79. The standard InChI is InChI=1S/C20H28O2/c1-3-20-10-5-4-6-13(20)7-8-14-15(20)9-11-19(2)16(14)12-17(21)18(19)22/h12-15H,3-11H2,1-2H3/t13?,14-,15+,19+,20+/m1/s1. The molecular formula is C20H28O2. The van der Waals surface area contributed by atoms with Crippen LogP contribution >= 0.6 is 0 Å². The predicted octanol–water partition coefficient (Wildman–Crippen LogP) is 4.48. The Hall–Kier alpha value is -0.920. The van der Waals surface area contributed by atoms with E-state index in [-0.39, 0.29) is 11.6 Å². The summed E-state index contributed by atoms with van der Waals surface area (Å²) in [4.78, 5) is 24.4. The zero-order chi connectivity index (χ0) is 15.5. The lowest BCUT2D eigenvalue weighted by molar-refractivity contribution is -0.139. The van der Waals surface area contributed by atoms with Gasteiger partial charge in [-0.15, -0.1) is 0 Å². The molecule has 2 nitrogen and oxygen atoms in total. The maximum atomic E-state index is 12.4. The van der Waals surface area contributed by atoms with E-state index in [0.29, 0.717) is 11.3 Å². The first-order valence-electron chi connectivity index (χ1n) is 9.34. The molecule has 0 N–H and O–H groups in total. The van der Waals surface area contributed by atoms with Crippen molar-refractivity contribution in [2.75, 3.05) is 0 Å². The van der Waals surface area contributed by atoms with Crippen LogP contribution in [0.3, 0.4) is 0 Å². The second-order valence-corrected chi connectivity index (χ2v) is 8.48. The molecule has 2 heteroatoms. The van der Waals surface area contributed by atoms with Gasteiger partial charge in [0.05, 0.1) is 5.41 Å². The summed E-state index contributed by atoms with van der Waals surface area (Å²) in [5.41, 5.74) is 1.27. The lowest BCUT2D eigenvalue weighted by Gasteiger charge is -2.59. The molecule has 0 amide bonds. The van der Waals surface area contributed by atoms with Crippen molar-refractivity contribution in [3.05, 3.63) is 11.6 Å². The normalized spacial score (nSPS) is 47.5. The van der Waals surface area contributed by atoms with Crippen molar-refractivity contribution in [1.82, 2.24) is 0 Å². The maximum Gasteiger partial charge on any atom is 0.222 e. The van der Waals surface area contributed by atoms with Crippen molar-refractivity contribution in [3.63, 3.8) is 0 Å². The van der Waals surface area contributed by atoms with Crippen LogP contribution in [0.2, 0.25) is 0 Å². The zero-order valence-corrected chi connectivity index (χ0v) is 14.0. The summed E-state index contributed by atoms with van der Waals surface area (Å²) in [6.07, 6.45) is 13.2. The monoisotopic (exact) mass is 300 g/mol. The second-order valence-electron chi connectivity index (χ2n) is 8.48. The fourth-order valence-corrected chi connectivity index (χ4v) is 6.81. The molecule has 1 unspecified atom stereocenters. The van der Waals surface area contributed by atoms with Gasteiger partial charge in [-0.25, -0.2) is 0 Å². The average molecular weight is 300 g/mol. The summed E-state index contributed by atoms with van der Waals surface area (Å²) >= 11 is 0. The smallest absolute Gasteiger partial charge is 0.222 e. The van der Waals surface area contributed by atoms with Crippen LogP contribution in [0, 0.1) is 28.6 Å². The van der Waals surface area contributed by atoms with Crippen LogP contribution in [0.25, 0.3) is 0 Å². The van der Waals surface area contributed by atoms with Gasteiger partial charge in [0.15, 0.2) is 0 Å². The van der Waals surface area contributed by atoms with Crippen LogP contribution in [0.15, 0.2) is 11.6 Å². The highest BCUT2D eigenvalue weighted by Crippen LogP contribution is 2.65. The van der Waals surface area contributed by atoms with Crippen LogP contribution in [-0.2, 0) is 9.59 Å². The first-order chi connectivity index (χ1) is 10.5. The maximum absolute atomic E-state index is 12.4. The number of hydrogen-bond acceptors (Lipinski definition) is 2. The minimum atomic E-state index is -0.450. The van der Waals surface area contributed by atoms with E-state index in [9.17, 15) is 9.59 Å². The van der Waals surface area contributed by atoms with Crippen molar-refractivity contribution < 1.29 is 9.59 Å². The molecule has 0 aromatic rings. The number of carbonyl (C=O) groups is 2. The van der Waals surface area contributed by atoms with Crippen molar-refractivity contribution in [3.8, 4) is 0 Å². The third kappa shape index (κ3) is 1.67. The molecule has 0 spiro atoms. The van der Waals surface area contributed by atoms with Crippen LogP contribution in [0.1, 0.15) is 71.6 Å². The summed E-state index contributed by atoms with van der Waals surface area (Å²) in [7, 11) is 0. The van der Waals surface area contributed by atoms with Gasteiger partial charge in [0, 0.05) is 0 Å². The molecule has 22 heavy (non-hydrogen) atoms. The van der Waals surface area contributed by atoms with Gasteiger partial charge in [0.2, 0.25) is 11.6 Å². The molecule has 0 bridgehead atoms. The fraction of sp³-hybridized carbons (Fsp3) is 0.800. The van der Waals surface area contributed by atoms with Crippen molar-refractivity contribution in [2.45, 2.75) is 71.6 Å². The van der Waals surface area contributed by atoms with Crippen LogP contribution < -0.4 is 0 Å². The third-order valence-electron chi connectivity index (χ3n) is 7.97. The molecule has 0 aromatic carbocycles. The molecule has 4 aliphatic carbocycles. The first kappa shape index (κ1) is 14.7. The number of Topliss-reactive ketones (excluding diaryl/α,β-unsaturated/α-hetero) is 1. The molecule has 3 saturated carbocycles. The molecule has 4 aliphatic rings. The summed E-state index contributed by atoms with van der Waals surface area (Å²) < 4.78 is 0. The largest absolute Gasteiger partial charge is 0.290 e. The van der Waals surface area contributed by atoms with E-state index in [0.717, 1.165) is 24.7 Å². The molecule has 4 rings (SSSR count). The van der Waals surface area contributed by atoms with Crippen molar-refractivity contribution >= 4 is 11.6 Å². The molecule has 0 aliphatic heterocycles. The Morgan fingerprint density at radius 3 is 2.68 bits per heavy atom. The van der Waals surface area contributed by atoms with Crippen LogP contribution in [0.4, 0.5) is 0 Å². The van der Waals surface area contributed by atoms with E-state index >= 15 is 0 Å². The number of allylic oxidation sites excluding steroid dienone is 2. The molecule has 120 valence electrons. The lowest BCUT2D eigenvalue weighted by atomic mass is 9.45. The van der Waals surface area contributed by atoms with E-state index in [4.69, 9.17) is 0 Å². The Bertz CT molecular complexity index is 560. The number of rotatable bonds is 1. The molecular weight excluding hydrogens is 272 g/mol. The molecule has 3 fully saturated rings. The van der Waals surface area contributed by atoms with E-state index in [2.05, 4.69) is 6.92 Å². The minimum absolute atomic E-state index is 0.128. The Labute approximate surface area is 133 Å². The first-order valence-corrected chi connectivity index (χ1v) is 9.34. The highest BCUT2D eigenvalue weighted by Gasteiger charge is 2.59. The summed E-state index contributed by atoms with van der Waals surface area (Å²) in [5.74, 6) is 1.76. The van der Waals surface area contributed by atoms with Gasteiger partial charge in [-0.2, -0.15) is 0 Å². The van der Waals surface area contributed by atoms with Crippen molar-refractivity contribution in [1.29, 1.82) is 0 Å². The Kier molecular flexibility index (Phi) is 3.19. The van der Waals surface area contributed by atoms with Gasteiger partial charge in [-0.05, 0) is 86.7 Å². The number of carbonyl (C=O) groups excluding carboxylic acids is 2. The quantitative estimate of drug-likeness (QED) is 0.669. The SMILES string of the molecule is CC[C@]12CCCCC1CC[C@H]1C3=CC(=O)C(=O)[C@@]3(C)CC[C@@H]12. The number of hydrogen-bond donors (Lipinski definition) is 0. The average Bonchev–Trinajstić information content (AvgIpc) is 2.78. The number of fused-ring (bicyclic) bond motifs is 5. The molecule has 0 heterocycles. The van der Waals surface area contributed by atoms with Crippen LogP contribution in [-0.4, -0.2) is 11.6 Å². The van der Waals surface area contributed by atoms with Gasteiger partial charge in [-0.1, -0.05) is 19.8 Å². The Morgan fingerprint density at radius 1 is 1.09 bits per heavy atom. The van der Waals surface area contributed by atoms with Crippen molar-refractivity contribution in [2.24, 2.45) is 28.6 Å². The van der Waals surface area contributed by atoms with E-state index in [1.807, 2.05) is 6.92 Å².